The smallest absolute Gasteiger partial charge is 0.144 e. The molecular weight excluding hydrogens is 711 g/mol. The molecule has 11 aromatic rings. The third-order valence-electron chi connectivity index (χ3n) is 11.1. The highest BCUT2D eigenvalue weighted by Crippen LogP contribution is 2.46. The van der Waals surface area contributed by atoms with Crippen LogP contribution in [-0.4, -0.2) is 0 Å². The molecule has 0 aliphatic carbocycles. The molecule has 0 aliphatic heterocycles. The fourth-order valence-corrected chi connectivity index (χ4v) is 9.46. The van der Waals surface area contributed by atoms with Gasteiger partial charge in [-0.1, -0.05) is 146 Å². The van der Waals surface area contributed by atoms with Gasteiger partial charge in [-0.05, 0) is 111 Å². The molecule has 0 saturated heterocycles. The first-order valence-electron chi connectivity index (χ1n) is 19.3. The molecule has 0 spiro atoms. The molecule has 0 amide bonds. The van der Waals surface area contributed by atoms with Gasteiger partial charge in [-0.3, -0.25) is 0 Å². The number of rotatable bonds is 7. The quantitative estimate of drug-likeness (QED) is 0.162. The van der Waals surface area contributed by atoms with Crippen LogP contribution in [0.4, 0.5) is 17.1 Å². The van der Waals surface area contributed by atoms with Crippen molar-refractivity contribution >= 4 is 70.5 Å². The number of para-hydroxylation sites is 1. The van der Waals surface area contributed by atoms with E-state index >= 15 is 0 Å². The van der Waals surface area contributed by atoms with Crippen LogP contribution >= 0.6 is 11.3 Å². The van der Waals surface area contributed by atoms with Crippen LogP contribution < -0.4 is 4.90 Å². The summed E-state index contributed by atoms with van der Waals surface area (Å²) in [6.45, 7) is 0. The topological polar surface area (TPSA) is 16.4 Å². The highest BCUT2D eigenvalue weighted by molar-refractivity contribution is 7.26. The summed E-state index contributed by atoms with van der Waals surface area (Å²) in [6, 6.07) is 76.3. The fraction of sp³-hybridized carbons (Fsp3) is 0. The number of hydrogen-bond donors (Lipinski definition) is 0. The van der Waals surface area contributed by atoms with Crippen LogP contribution in [0.1, 0.15) is 0 Å². The van der Waals surface area contributed by atoms with Gasteiger partial charge in [-0.15, -0.1) is 11.3 Å². The average Bonchev–Trinajstić information content (AvgIpc) is 3.87. The molecule has 0 aliphatic rings. The van der Waals surface area contributed by atoms with Crippen molar-refractivity contribution in [3.05, 3.63) is 212 Å². The molecule has 9 aromatic carbocycles. The van der Waals surface area contributed by atoms with Gasteiger partial charge in [0.1, 0.15) is 11.2 Å². The van der Waals surface area contributed by atoms with Crippen LogP contribution in [0.2, 0.25) is 0 Å². The van der Waals surface area contributed by atoms with E-state index in [-0.39, 0.29) is 0 Å². The fourth-order valence-electron chi connectivity index (χ4n) is 8.33. The Morgan fingerprint density at radius 1 is 0.333 bits per heavy atom. The highest BCUT2D eigenvalue weighted by atomic mass is 32.1. The Labute approximate surface area is 335 Å². The predicted molar refractivity (Wildman–Crippen MR) is 243 cm³/mol. The maximum absolute atomic E-state index is 6.58. The first-order valence-corrected chi connectivity index (χ1v) is 20.1. The van der Waals surface area contributed by atoms with E-state index in [2.05, 4.69) is 211 Å². The van der Waals surface area contributed by atoms with Gasteiger partial charge in [0, 0.05) is 48.0 Å². The van der Waals surface area contributed by atoms with Crippen molar-refractivity contribution in [3.63, 3.8) is 0 Å². The normalized spacial score (nSPS) is 11.5. The summed E-state index contributed by atoms with van der Waals surface area (Å²) in [6.07, 6.45) is 0. The lowest BCUT2D eigenvalue weighted by Crippen LogP contribution is -2.10. The van der Waals surface area contributed by atoms with Gasteiger partial charge >= 0.3 is 0 Å². The van der Waals surface area contributed by atoms with Crippen LogP contribution in [0.5, 0.6) is 0 Å². The lowest BCUT2D eigenvalue weighted by Gasteiger charge is -2.26. The molecular formula is C54H35NOS. The number of thiophene rings is 1. The van der Waals surface area contributed by atoms with E-state index in [1.165, 1.54) is 59.1 Å². The first-order chi connectivity index (χ1) is 28.2. The summed E-state index contributed by atoms with van der Waals surface area (Å²) in [5.41, 5.74) is 14.7. The van der Waals surface area contributed by atoms with Crippen molar-refractivity contribution in [2.75, 3.05) is 4.90 Å². The third-order valence-corrected chi connectivity index (χ3v) is 12.2. The van der Waals surface area contributed by atoms with Gasteiger partial charge in [0.25, 0.3) is 0 Å². The number of benzene rings is 9. The Morgan fingerprint density at radius 2 is 0.877 bits per heavy atom. The minimum Gasteiger partial charge on any atom is -0.455 e. The van der Waals surface area contributed by atoms with Crippen molar-refractivity contribution in [1.29, 1.82) is 0 Å². The summed E-state index contributed by atoms with van der Waals surface area (Å²) in [7, 11) is 0. The second-order valence-corrected chi connectivity index (χ2v) is 15.6. The second-order valence-electron chi connectivity index (χ2n) is 14.5. The summed E-state index contributed by atoms with van der Waals surface area (Å²) in [5, 5.41) is 4.75. The Balaban J connectivity index is 1.01. The SMILES string of the molecule is c1ccc(-c2ccc(N(c3ccc(-c4ccccc4)cc3)c3cccc(-c4cccc(-c5cccc6sc7ccc8c9ccccc9oc8c7c56)c4)c3)cc2)cc1. The molecule has 57 heavy (non-hydrogen) atoms. The van der Waals surface area contributed by atoms with Crippen LogP contribution in [-0.2, 0) is 0 Å². The lowest BCUT2D eigenvalue weighted by molar-refractivity contribution is 0.673. The highest BCUT2D eigenvalue weighted by Gasteiger charge is 2.19. The number of fused-ring (bicyclic) bond motifs is 7. The van der Waals surface area contributed by atoms with Crippen molar-refractivity contribution in [1.82, 2.24) is 0 Å². The van der Waals surface area contributed by atoms with Crippen molar-refractivity contribution in [2.45, 2.75) is 0 Å². The summed E-state index contributed by atoms with van der Waals surface area (Å²) in [4.78, 5) is 2.35. The average molecular weight is 746 g/mol. The molecule has 11 rings (SSSR count). The number of furan rings is 1. The minimum absolute atomic E-state index is 0.923. The molecule has 2 heterocycles. The number of anilines is 3. The molecule has 0 bridgehead atoms. The van der Waals surface area contributed by atoms with Crippen LogP contribution in [0.15, 0.2) is 217 Å². The Bertz CT molecular complexity index is 3130. The summed E-state index contributed by atoms with van der Waals surface area (Å²) in [5.74, 6) is 0. The van der Waals surface area contributed by atoms with Crippen molar-refractivity contribution < 1.29 is 4.42 Å². The van der Waals surface area contributed by atoms with E-state index < -0.39 is 0 Å². The zero-order valence-electron chi connectivity index (χ0n) is 31.0. The van der Waals surface area contributed by atoms with Gasteiger partial charge < -0.3 is 9.32 Å². The van der Waals surface area contributed by atoms with E-state index in [0.29, 0.717) is 0 Å². The zero-order valence-corrected chi connectivity index (χ0v) is 31.8. The molecule has 0 fully saturated rings. The molecule has 2 nitrogen and oxygen atoms in total. The maximum atomic E-state index is 6.58. The van der Waals surface area contributed by atoms with E-state index in [0.717, 1.165) is 44.6 Å². The molecule has 0 radical (unpaired) electrons. The zero-order chi connectivity index (χ0) is 37.7. The monoisotopic (exact) mass is 745 g/mol. The molecule has 0 atom stereocenters. The van der Waals surface area contributed by atoms with Crippen molar-refractivity contribution in [3.8, 4) is 44.5 Å². The maximum Gasteiger partial charge on any atom is 0.144 e. The van der Waals surface area contributed by atoms with Gasteiger partial charge in [-0.25, -0.2) is 0 Å². The Kier molecular flexibility index (Phi) is 8.04. The molecule has 3 heteroatoms. The molecule has 2 aromatic heterocycles. The third kappa shape index (κ3) is 5.88. The molecule has 0 unspecified atom stereocenters. The van der Waals surface area contributed by atoms with Gasteiger partial charge in [0.05, 0.1) is 0 Å². The largest absolute Gasteiger partial charge is 0.455 e. The first kappa shape index (κ1) is 33.2. The standard InChI is InChI=1S/C54H35NOS/c1-3-12-36(13-4-1)38-24-28-43(29-25-38)55(44-30-26-39(27-31-44)37-14-5-2-6-15-37)45-19-10-17-41(35-45)40-16-9-18-42(34-40)46-21-11-23-50-52(46)53-51(57-50)33-32-48-47-20-7-8-22-49(47)56-54(48)53/h1-35H. The lowest BCUT2D eigenvalue weighted by atomic mass is 9.95. The minimum atomic E-state index is 0.923. The van der Waals surface area contributed by atoms with Crippen LogP contribution in [0.3, 0.4) is 0 Å². The van der Waals surface area contributed by atoms with E-state index in [4.69, 9.17) is 4.42 Å². The Hall–Kier alpha value is -7.20. The Morgan fingerprint density at radius 3 is 1.58 bits per heavy atom. The number of hydrogen-bond acceptors (Lipinski definition) is 3. The summed E-state index contributed by atoms with van der Waals surface area (Å²) < 4.78 is 9.08. The second kappa shape index (κ2) is 13.8. The summed E-state index contributed by atoms with van der Waals surface area (Å²) >= 11 is 1.83. The van der Waals surface area contributed by atoms with Gasteiger partial charge in [-0.2, -0.15) is 0 Å². The van der Waals surface area contributed by atoms with Gasteiger partial charge in [0.15, 0.2) is 0 Å². The molecule has 0 N–H and O–H groups in total. The predicted octanol–water partition coefficient (Wildman–Crippen LogP) is 16.1. The van der Waals surface area contributed by atoms with E-state index in [1.807, 2.05) is 17.4 Å². The van der Waals surface area contributed by atoms with Crippen molar-refractivity contribution in [2.24, 2.45) is 0 Å². The number of nitrogens with zero attached hydrogens (tertiary/aromatic N) is 1. The van der Waals surface area contributed by atoms with Gasteiger partial charge in [0.2, 0.25) is 0 Å². The molecule has 0 saturated carbocycles. The molecule has 268 valence electrons. The van der Waals surface area contributed by atoms with Crippen LogP contribution in [0.25, 0.3) is 86.6 Å². The van der Waals surface area contributed by atoms with Crippen LogP contribution in [0, 0.1) is 0 Å². The van der Waals surface area contributed by atoms with E-state index in [9.17, 15) is 0 Å². The van der Waals surface area contributed by atoms with E-state index in [1.54, 1.807) is 0 Å².